The molecule has 4 aromatic carbocycles. The highest BCUT2D eigenvalue weighted by molar-refractivity contribution is 7.87. The highest BCUT2D eigenvalue weighted by Crippen LogP contribution is 2.49. The molecule has 0 spiro atoms. The standard InChI is InChI=1S/C34H32N6O8S2/c1-47-29-15-19(11-13-25(29)33(35)23-9-5-3-7-21(23)27(39-37)17-31(33)49(41,42)43)20-12-14-26(30(16-20)48-2)34(36)24-10-6-4-8-22(24)28(40-38)18-32(34)50(44,45)46/h3-18,31-32,37-38H,35-36H2,1-2H3,(H,41,42,43)(H,44,45,46). The maximum Gasteiger partial charge on any atom is 0.274 e. The summed E-state index contributed by atoms with van der Waals surface area (Å²) in [6, 6.07) is 22.9. The summed E-state index contributed by atoms with van der Waals surface area (Å²) in [6.45, 7) is 0. The molecule has 4 atom stereocenters. The van der Waals surface area contributed by atoms with Gasteiger partial charge in [-0.3, -0.25) is 9.11 Å². The number of methoxy groups -OCH3 is 2. The summed E-state index contributed by atoms with van der Waals surface area (Å²) < 4.78 is 83.3. The quantitative estimate of drug-likeness (QED) is 0.0992. The van der Waals surface area contributed by atoms with E-state index in [2.05, 4.69) is 10.2 Å². The first kappa shape index (κ1) is 34.8. The molecule has 0 radical (unpaired) electrons. The van der Waals surface area contributed by atoms with Crippen molar-refractivity contribution in [2.75, 3.05) is 14.2 Å². The highest BCUT2D eigenvalue weighted by atomic mass is 32.2. The van der Waals surface area contributed by atoms with Gasteiger partial charge >= 0.3 is 0 Å². The van der Waals surface area contributed by atoms with Crippen LogP contribution < -0.4 is 20.9 Å². The lowest BCUT2D eigenvalue weighted by molar-refractivity contribution is 0.386. The highest BCUT2D eigenvalue weighted by Gasteiger charge is 2.51. The van der Waals surface area contributed by atoms with Crippen molar-refractivity contribution in [3.63, 3.8) is 0 Å². The molecule has 14 nitrogen and oxygen atoms in total. The van der Waals surface area contributed by atoms with Crippen LogP contribution in [0.4, 0.5) is 0 Å². The van der Waals surface area contributed by atoms with E-state index in [1.165, 1.54) is 14.2 Å². The van der Waals surface area contributed by atoms with Crippen molar-refractivity contribution in [2.24, 2.45) is 21.7 Å². The number of benzene rings is 4. The van der Waals surface area contributed by atoms with Crippen molar-refractivity contribution in [1.82, 2.24) is 0 Å². The van der Waals surface area contributed by atoms with Crippen molar-refractivity contribution >= 4 is 31.6 Å². The largest absolute Gasteiger partial charge is 0.496 e. The number of hydrogen-bond acceptors (Lipinski definition) is 12. The number of hydrogen-bond donors (Lipinski definition) is 6. The van der Waals surface area contributed by atoms with Gasteiger partial charge in [-0.15, -0.1) is 0 Å². The van der Waals surface area contributed by atoms with Gasteiger partial charge in [0.25, 0.3) is 20.2 Å². The van der Waals surface area contributed by atoms with Gasteiger partial charge < -0.3 is 20.9 Å². The van der Waals surface area contributed by atoms with Gasteiger partial charge in [0, 0.05) is 22.3 Å². The number of fused-ring (bicyclic) bond motifs is 2. The average Bonchev–Trinajstić information content (AvgIpc) is 3.10. The normalized spacial score (nSPS) is 23.1. The molecule has 8 N–H and O–H groups in total. The fourth-order valence-corrected chi connectivity index (χ4v) is 9.08. The van der Waals surface area contributed by atoms with E-state index in [-0.39, 0.29) is 34.0 Å². The zero-order valence-corrected chi connectivity index (χ0v) is 28.2. The minimum Gasteiger partial charge on any atom is -0.496 e. The lowest BCUT2D eigenvalue weighted by Gasteiger charge is -2.40. The average molecular weight is 717 g/mol. The van der Waals surface area contributed by atoms with Crippen LogP contribution in [-0.2, 0) is 31.3 Å². The lowest BCUT2D eigenvalue weighted by Crippen LogP contribution is -2.53. The summed E-state index contributed by atoms with van der Waals surface area (Å²) in [5, 5.41) is 3.50. The molecule has 2 aliphatic carbocycles. The summed E-state index contributed by atoms with van der Waals surface area (Å²) >= 11 is 0. The molecule has 0 saturated heterocycles. The van der Waals surface area contributed by atoms with Crippen LogP contribution in [0.1, 0.15) is 33.4 Å². The van der Waals surface area contributed by atoms with Crippen molar-refractivity contribution in [3.8, 4) is 22.6 Å². The third-order valence-corrected chi connectivity index (χ3v) is 11.6. The van der Waals surface area contributed by atoms with Crippen LogP contribution in [-0.4, -0.2) is 50.7 Å². The number of rotatable bonds is 9. The Hall–Kier alpha value is -5.10. The van der Waals surface area contributed by atoms with Gasteiger partial charge in [-0.1, -0.05) is 72.8 Å². The van der Waals surface area contributed by atoms with Gasteiger partial charge in [0.2, 0.25) is 0 Å². The summed E-state index contributed by atoms with van der Waals surface area (Å²) in [4.78, 5) is 0. The molecule has 0 amide bonds. The first-order chi connectivity index (χ1) is 23.6. The molecule has 4 aromatic rings. The maximum atomic E-state index is 12.8. The SMILES string of the molecule is COc1cc(-c2ccc(C3(N)c4ccccc4C(N=N)=CC3S(=O)(=O)O)c(OC)c2)ccc1C1(N)c2ccccc2C(N=N)=CC1S(=O)(=O)O. The second kappa shape index (κ2) is 12.3. The van der Waals surface area contributed by atoms with E-state index in [0.29, 0.717) is 33.4 Å². The minimum absolute atomic E-state index is 0.0300. The molecule has 0 aliphatic heterocycles. The Bertz CT molecular complexity index is 2200. The summed E-state index contributed by atoms with van der Waals surface area (Å²) in [5.74, 6) is 0.354. The third kappa shape index (κ3) is 5.33. The number of ether oxygens (including phenoxy) is 2. The predicted octanol–water partition coefficient (Wildman–Crippen LogP) is 5.06. The van der Waals surface area contributed by atoms with E-state index in [9.17, 15) is 25.9 Å². The Morgan fingerprint density at radius 1 is 0.620 bits per heavy atom. The maximum absolute atomic E-state index is 12.8. The van der Waals surface area contributed by atoms with Crippen LogP contribution in [0.2, 0.25) is 0 Å². The molecule has 0 heterocycles. The van der Waals surface area contributed by atoms with Crippen molar-refractivity contribution in [1.29, 1.82) is 11.1 Å². The Labute approximate surface area is 287 Å². The van der Waals surface area contributed by atoms with Crippen molar-refractivity contribution < 1.29 is 35.4 Å². The predicted molar refractivity (Wildman–Crippen MR) is 185 cm³/mol. The lowest BCUT2D eigenvalue weighted by atomic mass is 9.73. The Balaban J connectivity index is 1.51. The monoisotopic (exact) mass is 716 g/mol. The van der Waals surface area contributed by atoms with Crippen LogP contribution >= 0.6 is 0 Å². The fraction of sp³-hybridized carbons (Fsp3) is 0.176. The molecule has 2 aliphatic rings. The first-order valence-corrected chi connectivity index (χ1v) is 17.9. The molecule has 50 heavy (non-hydrogen) atoms. The zero-order chi connectivity index (χ0) is 36.2. The molecule has 16 heteroatoms. The van der Waals surface area contributed by atoms with Gasteiger partial charge in [-0.05, 0) is 46.5 Å². The number of nitrogens with one attached hydrogen (secondary N) is 2. The smallest absolute Gasteiger partial charge is 0.274 e. The number of nitrogens with zero attached hydrogens (tertiary/aromatic N) is 2. The van der Waals surface area contributed by atoms with Crippen molar-refractivity contribution in [3.05, 3.63) is 130 Å². The van der Waals surface area contributed by atoms with Crippen LogP contribution in [0.3, 0.4) is 0 Å². The fourth-order valence-electron chi connectivity index (χ4n) is 7.03. The van der Waals surface area contributed by atoms with Crippen molar-refractivity contribution in [2.45, 2.75) is 21.6 Å². The van der Waals surface area contributed by atoms with Gasteiger partial charge in [-0.2, -0.15) is 27.1 Å². The molecular weight excluding hydrogens is 685 g/mol. The van der Waals surface area contributed by atoms with Crippen LogP contribution in [0.5, 0.6) is 11.5 Å². The zero-order valence-electron chi connectivity index (χ0n) is 26.6. The van der Waals surface area contributed by atoms with Gasteiger partial charge in [0.15, 0.2) is 0 Å². The van der Waals surface area contributed by atoms with Crippen LogP contribution in [0, 0.1) is 11.1 Å². The van der Waals surface area contributed by atoms with Gasteiger partial charge in [0.1, 0.15) is 22.0 Å². The molecule has 0 fully saturated rings. The molecule has 258 valence electrons. The molecule has 0 aromatic heterocycles. The second-order valence-corrected chi connectivity index (χ2v) is 14.9. The van der Waals surface area contributed by atoms with Crippen LogP contribution in [0.15, 0.2) is 107 Å². The Kier molecular flexibility index (Phi) is 8.58. The van der Waals surface area contributed by atoms with E-state index in [1.54, 1.807) is 84.9 Å². The van der Waals surface area contributed by atoms with Gasteiger partial charge in [0.05, 0.1) is 36.7 Å². The molecular formula is C34H32N6O8S2. The van der Waals surface area contributed by atoms with E-state index in [0.717, 1.165) is 12.2 Å². The summed E-state index contributed by atoms with van der Waals surface area (Å²) in [7, 11) is -6.91. The van der Waals surface area contributed by atoms with Crippen LogP contribution in [0.25, 0.3) is 22.5 Å². The Morgan fingerprint density at radius 3 is 1.30 bits per heavy atom. The second-order valence-electron chi connectivity index (χ2n) is 11.9. The van der Waals surface area contributed by atoms with E-state index >= 15 is 0 Å². The van der Waals surface area contributed by atoms with E-state index < -0.39 is 41.8 Å². The minimum atomic E-state index is -4.84. The Morgan fingerprint density at radius 2 is 0.980 bits per heavy atom. The summed E-state index contributed by atoms with van der Waals surface area (Å²) in [6.07, 6.45) is 2.29. The van der Waals surface area contributed by atoms with E-state index in [4.69, 9.17) is 32.0 Å². The number of nitrogens with two attached hydrogens (primary N) is 2. The molecule has 0 saturated carbocycles. The topological polar surface area (TPSA) is 252 Å². The van der Waals surface area contributed by atoms with E-state index in [1.807, 2.05) is 0 Å². The first-order valence-electron chi connectivity index (χ1n) is 14.9. The molecule has 6 rings (SSSR count). The third-order valence-electron chi connectivity index (χ3n) is 9.32. The molecule has 4 unspecified atom stereocenters. The molecule has 0 bridgehead atoms. The van der Waals surface area contributed by atoms with Gasteiger partial charge in [-0.25, -0.2) is 11.1 Å². The summed E-state index contributed by atoms with van der Waals surface area (Å²) in [5.41, 5.74) is 28.5.